The van der Waals surface area contributed by atoms with Crippen molar-refractivity contribution in [3.05, 3.63) is 144 Å². The van der Waals surface area contributed by atoms with Crippen molar-refractivity contribution in [2.75, 3.05) is 13.2 Å². The van der Waals surface area contributed by atoms with Gasteiger partial charge in [-0.1, -0.05) is 84.3 Å². The van der Waals surface area contributed by atoms with E-state index >= 15 is 0 Å². The van der Waals surface area contributed by atoms with Gasteiger partial charge >= 0.3 is 0 Å². The molecule has 9 heteroatoms. The Morgan fingerprint density at radius 2 is 0.907 bits per heavy atom. The van der Waals surface area contributed by atoms with Gasteiger partial charge < -0.3 is 20.4 Å². The normalized spacial score (nSPS) is 10.2. The van der Waals surface area contributed by atoms with Gasteiger partial charge in [0.2, 0.25) is 0 Å². The largest absolute Gasteiger partial charge is 0.872 e. The number of pyridine rings is 2. The molecule has 0 atom stereocenters. The van der Waals surface area contributed by atoms with Crippen molar-refractivity contribution >= 4 is 23.1 Å². The maximum Gasteiger partial charge on any atom is 0.152 e. The van der Waals surface area contributed by atoms with Gasteiger partial charge in [0.15, 0.2) is 11.6 Å². The van der Waals surface area contributed by atoms with Crippen molar-refractivity contribution in [1.29, 1.82) is 0 Å². The van der Waals surface area contributed by atoms with Gasteiger partial charge in [0.25, 0.3) is 0 Å². The number of aromatic nitrogens is 2. The first-order valence-corrected chi connectivity index (χ1v) is 13.1. The van der Waals surface area contributed by atoms with Gasteiger partial charge in [-0.2, -0.15) is 0 Å². The number of hydrogen-bond donors (Lipinski definition) is 0. The fourth-order valence-corrected chi connectivity index (χ4v) is 3.04. The minimum atomic E-state index is -0.233. The minimum Gasteiger partial charge on any atom is -0.872 e. The van der Waals surface area contributed by atoms with Crippen LogP contribution in [0.1, 0.15) is 36.4 Å². The molecule has 224 valence electrons. The molecule has 0 saturated heterocycles. The third-order valence-electron chi connectivity index (χ3n) is 4.95. The van der Waals surface area contributed by atoms with Gasteiger partial charge in [0, 0.05) is 45.5 Å². The average molecular weight is 615 g/mol. The second-order valence-corrected chi connectivity index (χ2v) is 8.52. The monoisotopic (exact) mass is 614 g/mol. The molecule has 0 saturated carbocycles. The number of ketones is 2. The first-order chi connectivity index (χ1) is 20.3. The van der Waals surface area contributed by atoms with Crippen molar-refractivity contribution in [1.82, 2.24) is 9.97 Å². The zero-order valence-corrected chi connectivity index (χ0v) is 25.8. The Labute approximate surface area is 268 Å². The summed E-state index contributed by atoms with van der Waals surface area (Å²) in [6.07, 6.45) is 6.67. The predicted octanol–water partition coefficient (Wildman–Crippen LogP) is 1.92. The third-order valence-corrected chi connectivity index (χ3v) is 4.95. The van der Waals surface area contributed by atoms with Crippen molar-refractivity contribution in [3.8, 4) is 0 Å². The van der Waals surface area contributed by atoms with Gasteiger partial charge in [-0.15, -0.1) is 13.2 Å². The molecule has 0 fully saturated rings. The van der Waals surface area contributed by atoms with Gasteiger partial charge in [0.05, 0.1) is 0 Å². The topological polar surface area (TPSA) is 152 Å². The number of hydrogen-bond acceptors (Lipinski definition) is 8. The van der Waals surface area contributed by atoms with Crippen LogP contribution in [-0.2, 0) is 44.1 Å². The van der Waals surface area contributed by atoms with Crippen LogP contribution in [0.3, 0.4) is 0 Å². The Kier molecular flexibility index (Phi) is 22.0. The van der Waals surface area contributed by atoms with E-state index in [2.05, 4.69) is 9.97 Å². The molecule has 0 bridgehead atoms. The van der Waals surface area contributed by atoms with Gasteiger partial charge in [-0.05, 0) is 74.2 Å². The van der Waals surface area contributed by atoms with Crippen LogP contribution in [0.2, 0.25) is 0 Å². The summed E-state index contributed by atoms with van der Waals surface area (Å²) in [7, 11) is 0. The Morgan fingerprint density at radius 3 is 1.16 bits per heavy atom. The molecule has 0 spiro atoms. The minimum absolute atomic E-state index is 0. The van der Waals surface area contributed by atoms with Crippen LogP contribution in [0.25, 0.3) is 11.5 Å². The first kappa shape index (κ1) is 38.8. The van der Waals surface area contributed by atoms with Crippen molar-refractivity contribution in [3.63, 3.8) is 0 Å². The van der Waals surface area contributed by atoms with Crippen LogP contribution >= 0.6 is 0 Å². The van der Waals surface area contributed by atoms with E-state index in [1.54, 1.807) is 60.9 Å². The summed E-state index contributed by atoms with van der Waals surface area (Å²) in [5, 5.41) is 42.5. The Morgan fingerprint density at radius 1 is 0.581 bits per heavy atom. The zero-order chi connectivity index (χ0) is 31.0. The fraction of sp³-hybridized carbons (Fsp3) is 0.176. The number of rotatable bonds is 8. The van der Waals surface area contributed by atoms with E-state index in [9.17, 15) is 30.0 Å². The summed E-state index contributed by atoms with van der Waals surface area (Å²) in [4.78, 5) is 29.0. The Bertz CT molecular complexity index is 1240. The van der Waals surface area contributed by atoms with Crippen LogP contribution < -0.4 is 20.4 Å². The summed E-state index contributed by atoms with van der Waals surface area (Å²) in [6, 6.07) is 28.6. The molecule has 0 radical (unpaired) electrons. The van der Waals surface area contributed by atoms with E-state index in [0.29, 0.717) is 24.0 Å². The number of nitrogens with zero attached hydrogens (tertiary/aromatic N) is 2. The number of benzene rings is 2. The molecular weight excluding hydrogens is 580 g/mol. The summed E-state index contributed by atoms with van der Waals surface area (Å²) in [6.45, 7) is 2.58. The van der Waals surface area contributed by atoms with Crippen LogP contribution in [0.5, 0.6) is 0 Å². The molecule has 0 N–H and O–H groups in total. The first-order valence-electron chi connectivity index (χ1n) is 13.1. The summed E-state index contributed by atoms with van der Waals surface area (Å²) in [5.74, 6) is -0.904. The van der Waals surface area contributed by atoms with E-state index in [1.165, 1.54) is 13.8 Å². The standard InChI is InChI=1S/2C10H10O2.2C7H8NO.Ti/c2*1-8(11)7-10(12)9-5-3-2-4-6-9;2*9-6-4-7-3-1-2-5-8-7;/h2*2-7,12H,1H3;2*1-3,5H,4,6H2;/q;;2*-1;/p-2/b2*10-7-;;;. The molecule has 0 aliphatic heterocycles. The Balaban J connectivity index is 0.000000548. The van der Waals surface area contributed by atoms with Gasteiger partial charge in [-0.25, -0.2) is 0 Å². The summed E-state index contributed by atoms with van der Waals surface area (Å²) >= 11 is 0. The molecule has 2 aromatic heterocycles. The second-order valence-electron chi connectivity index (χ2n) is 8.52. The quantitative estimate of drug-likeness (QED) is 0.166. The van der Waals surface area contributed by atoms with E-state index in [-0.39, 0.29) is 58.0 Å². The van der Waals surface area contributed by atoms with Crippen molar-refractivity contribution in [2.45, 2.75) is 26.7 Å². The number of carbonyl (C=O) groups excluding carboxylic acids is 2. The molecule has 43 heavy (non-hydrogen) atoms. The van der Waals surface area contributed by atoms with Crippen molar-refractivity contribution < 1.29 is 51.7 Å². The fourth-order valence-electron chi connectivity index (χ4n) is 3.04. The Hall–Kier alpha value is -4.21. The molecule has 2 heterocycles. The van der Waals surface area contributed by atoms with Gasteiger partial charge in [0.1, 0.15) is 0 Å². The number of allylic oxidation sites excluding steroid dienone is 2. The van der Waals surface area contributed by atoms with Crippen LogP contribution in [-0.4, -0.2) is 34.7 Å². The maximum atomic E-state index is 11.2. The predicted molar refractivity (Wildman–Crippen MR) is 156 cm³/mol. The van der Waals surface area contributed by atoms with E-state index in [1.807, 2.05) is 48.5 Å². The molecular formula is C34H34N2O6Ti-4. The third kappa shape index (κ3) is 19.5. The molecule has 0 unspecified atom stereocenters. The molecule has 0 amide bonds. The van der Waals surface area contributed by atoms with Gasteiger partial charge in [-0.3, -0.25) is 19.6 Å². The molecule has 4 rings (SSSR count). The smallest absolute Gasteiger partial charge is 0.152 e. The summed E-state index contributed by atoms with van der Waals surface area (Å²) < 4.78 is 0. The van der Waals surface area contributed by atoms with E-state index in [4.69, 9.17) is 0 Å². The van der Waals surface area contributed by atoms with Crippen molar-refractivity contribution in [2.24, 2.45) is 0 Å². The molecule has 2 aromatic carbocycles. The molecule has 4 aromatic rings. The maximum absolute atomic E-state index is 11.2. The van der Waals surface area contributed by atoms with Crippen LogP contribution in [0, 0.1) is 0 Å². The van der Waals surface area contributed by atoms with E-state index in [0.717, 1.165) is 23.5 Å². The zero-order valence-electron chi connectivity index (χ0n) is 24.2. The molecule has 8 nitrogen and oxygen atoms in total. The molecule has 0 aliphatic carbocycles. The second kappa shape index (κ2) is 24.4. The molecule has 0 aliphatic rings. The van der Waals surface area contributed by atoms with E-state index < -0.39 is 0 Å². The SMILES string of the molecule is CC(=O)/C=C(\[O-])c1ccccc1.CC(=O)/C=C(\[O-])c1ccccc1.[O-]CCc1ccccn1.[O-]CCc1ccccn1.[Ti]. The van der Waals surface area contributed by atoms with Crippen LogP contribution in [0.4, 0.5) is 0 Å². The average Bonchev–Trinajstić information content (AvgIpc) is 3.00. The summed E-state index contributed by atoms with van der Waals surface area (Å²) in [5.41, 5.74) is 2.86. The number of carbonyl (C=O) groups is 2. The van der Waals surface area contributed by atoms with Crippen LogP contribution in [0.15, 0.2) is 122 Å².